The van der Waals surface area contributed by atoms with E-state index in [1.165, 1.54) is 0 Å². The summed E-state index contributed by atoms with van der Waals surface area (Å²) < 4.78 is 7.42. The minimum Gasteiger partial charge on any atom is -0.377 e. The Balaban J connectivity index is 1.51. The Hall–Kier alpha value is -2.38. The third-order valence-electron chi connectivity index (χ3n) is 4.12. The summed E-state index contributed by atoms with van der Waals surface area (Å²) in [6, 6.07) is 13.2. The van der Waals surface area contributed by atoms with Crippen LogP contribution >= 0.6 is 11.8 Å². The molecule has 6 nitrogen and oxygen atoms in total. The normalized spacial score (nSPS) is 17.0. The molecule has 1 saturated heterocycles. The lowest BCUT2D eigenvalue weighted by atomic mass is 10.2. The van der Waals surface area contributed by atoms with Crippen molar-refractivity contribution in [1.82, 2.24) is 14.6 Å². The van der Waals surface area contributed by atoms with Crippen molar-refractivity contribution in [1.29, 1.82) is 0 Å². The number of pyridine rings is 1. The monoisotopic (exact) mass is 354 g/mol. The fourth-order valence-corrected chi connectivity index (χ4v) is 3.95. The van der Waals surface area contributed by atoms with Crippen LogP contribution in [0, 0.1) is 0 Å². The molecule has 3 aromatic rings. The number of amides is 1. The van der Waals surface area contributed by atoms with Crippen molar-refractivity contribution < 1.29 is 9.53 Å². The number of fused-ring (bicyclic) bond motifs is 1. The average Bonchev–Trinajstić information content (AvgIpc) is 3.30. The molecule has 0 saturated carbocycles. The largest absolute Gasteiger partial charge is 0.377 e. The Morgan fingerprint density at radius 3 is 3.00 bits per heavy atom. The number of carbonyl (C=O) groups is 1. The van der Waals surface area contributed by atoms with E-state index >= 15 is 0 Å². The molecule has 0 spiro atoms. The van der Waals surface area contributed by atoms with Crippen LogP contribution in [-0.4, -0.2) is 39.0 Å². The van der Waals surface area contributed by atoms with E-state index < -0.39 is 0 Å². The predicted molar refractivity (Wildman–Crippen MR) is 97.1 cm³/mol. The molecule has 3 heterocycles. The van der Waals surface area contributed by atoms with Gasteiger partial charge in [-0.25, -0.2) is 0 Å². The van der Waals surface area contributed by atoms with E-state index in [9.17, 15) is 4.79 Å². The molecule has 0 unspecified atom stereocenters. The quantitative estimate of drug-likeness (QED) is 0.712. The van der Waals surface area contributed by atoms with Crippen molar-refractivity contribution in [2.45, 2.75) is 23.8 Å². The van der Waals surface area contributed by atoms with Crippen LogP contribution in [0.4, 0.5) is 5.95 Å². The second-order valence-electron chi connectivity index (χ2n) is 5.85. The Kier molecular flexibility index (Phi) is 4.67. The molecule has 0 bridgehead atoms. The molecule has 1 amide bonds. The number of aromatic nitrogens is 3. The molecule has 1 aliphatic rings. The second-order valence-corrected chi connectivity index (χ2v) is 6.91. The van der Waals surface area contributed by atoms with Gasteiger partial charge >= 0.3 is 0 Å². The molecule has 0 radical (unpaired) electrons. The lowest BCUT2D eigenvalue weighted by Gasteiger charge is -2.12. The zero-order valence-electron chi connectivity index (χ0n) is 13.6. The minimum absolute atomic E-state index is 0.186. The van der Waals surface area contributed by atoms with E-state index in [-0.39, 0.29) is 12.0 Å². The van der Waals surface area contributed by atoms with Gasteiger partial charge in [-0.15, -0.1) is 22.0 Å². The number of benzene rings is 1. The summed E-state index contributed by atoms with van der Waals surface area (Å²) in [5.74, 6) is 1.09. The summed E-state index contributed by atoms with van der Waals surface area (Å²) in [4.78, 5) is 13.7. The van der Waals surface area contributed by atoms with Crippen molar-refractivity contribution in [2.75, 3.05) is 17.7 Å². The number of nitrogens with zero attached hydrogens (tertiary/aromatic N) is 3. The van der Waals surface area contributed by atoms with Crippen molar-refractivity contribution in [3.63, 3.8) is 0 Å². The van der Waals surface area contributed by atoms with Gasteiger partial charge in [0.15, 0.2) is 5.65 Å². The lowest BCUT2D eigenvalue weighted by molar-refractivity contribution is 0.102. The van der Waals surface area contributed by atoms with Crippen LogP contribution < -0.4 is 5.32 Å². The standard InChI is InChI=1S/C18H18N4O2S/c23-17(19-18-21-20-16-9-3-4-10-22(16)18)14-7-1-2-8-15(14)25-12-13-6-5-11-24-13/h1-4,7-10,13H,5-6,11-12H2,(H,19,21,23)/t13-/m1/s1. The fourth-order valence-electron chi connectivity index (χ4n) is 2.83. The fraction of sp³-hybridized carbons (Fsp3) is 0.278. The maximum absolute atomic E-state index is 12.7. The maximum atomic E-state index is 12.7. The summed E-state index contributed by atoms with van der Waals surface area (Å²) >= 11 is 1.66. The van der Waals surface area contributed by atoms with Gasteiger partial charge < -0.3 is 4.74 Å². The second kappa shape index (κ2) is 7.25. The molecule has 1 aliphatic heterocycles. The molecule has 4 rings (SSSR count). The van der Waals surface area contributed by atoms with Crippen LogP contribution in [0.5, 0.6) is 0 Å². The number of anilines is 1. The van der Waals surface area contributed by atoms with Gasteiger partial charge in [0.1, 0.15) is 0 Å². The summed E-state index contributed by atoms with van der Waals surface area (Å²) in [6.07, 6.45) is 4.31. The molecule has 1 fully saturated rings. The van der Waals surface area contributed by atoms with E-state index in [0.717, 1.165) is 30.1 Å². The van der Waals surface area contributed by atoms with Gasteiger partial charge in [-0.05, 0) is 37.1 Å². The average molecular weight is 354 g/mol. The number of hydrogen-bond acceptors (Lipinski definition) is 5. The SMILES string of the molecule is O=C(Nc1nnc2ccccn12)c1ccccc1SC[C@H]1CCCO1. The van der Waals surface area contributed by atoms with Crippen molar-refractivity contribution in [3.8, 4) is 0 Å². The summed E-state index contributed by atoms with van der Waals surface area (Å²) in [6.45, 7) is 0.841. The number of rotatable bonds is 5. The minimum atomic E-state index is -0.186. The molecule has 128 valence electrons. The van der Waals surface area contributed by atoms with Crippen molar-refractivity contribution >= 4 is 29.3 Å². The highest BCUT2D eigenvalue weighted by Crippen LogP contribution is 2.27. The van der Waals surface area contributed by atoms with E-state index in [2.05, 4.69) is 15.5 Å². The molecule has 1 N–H and O–H groups in total. The van der Waals surface area contributed by atoms with Gasteiger partial charge in [0.05, 0.1) is 11.7 Å². The summed E-state index contributed by atoms with van der Waals surface area (Å²) in [5, 5.41) is 11.0. The summed E-state index contributed by atoms with van der Waals surface area (Å²) in [7, 11) is 0. The number of hydrogen-bond donors (Lipinski definition) is 1. The number of ether oxygens (including phenoxy) is 1. The Labute approximate surface area is 149 Å². The third kappa shape index (κ3) is 3.52. The van der Waals surface area contributed by atoms with Crippen molar-refractivity contribution in [3.05, 3.63) is 54.2 Å². The molecule has 7 heteroatoms. The molecule has 25 heavy (non-hydrogen) atoms. The third-order valence-corrected chi connectivity index (χ3v) is 5.32. The highest BCUT2D eigenvalue weighted by atomic mass is 32.2. The van der Waals surface area contributed by atoms with Gasteiger partial charge in [-0.3, -0.25) is 14.5 Å². The van der Waals surface area contributed by atoms with Gasteiger partial charge in [-0.1, -0.05) is 18.2 Å². The van der Waals surface area contributed by atoms with E-state index in [4.69, 9.17) is 4.74 Å². The molecule has 1 aromatic carbocycles. The van der Waals surface area contributed by atoms with E-state index in [1.807, 2.05) is 48.7 Å². The highest BCUT2D eigenvalue weighted by Gasteiger charge is 2.18. The number of carbonyl (C=O) groups excluding carboxylic acids is 1. The molecule has 0 aliphatic carbocycles. The number of thioether (sulfide) groups is 1. The van der Waals surface area contributed by atoms with Crippen LogP contribution in [-0.2, 0) is 4.74 Å². The molecular weight excluding hydrogens is 336 g/mol. The Morgan fingerprint density at radius 1 is 1.24 bits per heavy atom. The van der Waals surface area contributed by atoms with Crippen LogP contribution in [0.15, 0.2) is 53.6 Å². The zero-order chi connectivity index (χ0) is 17.1. The van der Waals surface area contributed by atoms with Crippen LogP contribution in [0.2, 0.25) is 0 Å². The molecule has 1 atom stereocenters. The van der Waals surface area contributed by atoms with Crippen LogP contribution in [0.1, 0.15) is 23.2 Å². The van der Waals surface area contributed by atoms with E-state index in [0.29, 0.717) is 17.2 Å². The first-order valence-electron chi connectivity index (χ1n) is 8.26. The van der Waals surface area contributed by atoms with Crippen LogP contribution in [0.3, 0.4) is 0 Å². The topological polar surface area (TPSA) is 68.5 Å². The van der Waals surface area contributed by atoms with Gasteiger partial charge in [-0.2, -0.15) is 0 Å². The highest BCUT2D eigenvalue weighted by molar-refractivity contribution is 7.99. The van der Waals surface area contributed by atoms with Gasteiger partial charge in [0, 0.05) is 23.5 Å². The first-order chi connectivity index (χ1) is 12.3. The number of nitrogens with one attached hydrogen (secondary N) is 1. The van der Waals surface area contributed by atoms with E-state index in [1.54, 1.807) is 16.2 Å². The smallest absolute Gasteiger partial charge is 0.259 e. The van der Waals surface area contributed by atoms with Crippen molar-refractivity contribution in [2.24, 2.45) is 0 Å². The van der Waals surface area contributed by atoms with Gasteiger partial charge in [0.25, 0.3) is 5.91 Å². The van der Waals surface area contributed by atoms with Gasteiger partial charge in [0.2, 0.25) is 5.95 Å². The lowest BCUT2D eigenvalue weighted by Crippen LogP contribution is -2.15. The maximum Gasteiger partial charge on any atom is 0.259 e. The molecular formula is C18H18N4O2S. The Morgan fingerprint density at radius 2 is 2.12 bits per heavy atom. The van der Waals surface area contributed by atoms with Crippen LogP contribution in [0.25, 0.3) is 5.65 Å². The Bertz CT molecular complexity index is 889. The first kappa shape index (κ1) is 16.1. The predicted octanol–water partition coefficient (Wildman–Crippen LogP) is 3.25. The zero-order valence-corrected chi connectivity index (χ0v) is 14.4. The summed E-state index contributed by atoms with van der Waals surface area (Å²) in [5.41, 5.74) is 1.33. The molecule has 2 aromatic heterocycles. The first-order valence-corrected chi connectivity index (χ1v) is 9.24.